The minimum atomic E-state index is -0.198. The van der Waals surface area contributed by atoms with E-state index in [1.807, 2.05) is 0 Å². The van der Waals surface area contributed by atoms with E-state index in [1.54, 1.807) is 0 Å². The second-order valence-corrected chi connectivity index (χ2v) is 6.06. The van der Waals surface area contributed by atoms with Crippen molar-refractivity contribution in [1.82, 2.24) is 0 Å². The van der Waals surface area contributed by atoms with Crippen LogP contribution < -0.4 is 0 Å². The van der Waals surface area contributed by atoms with Crippen molar-refractivity contribution in [2.75, 3.05) is 14.2 Å². The summed E-state index contributed by atoms with van der Waals surface area (Å²) >= 11 is 0. The van der Waals surface area contributed by atoms with E-state index in [2.05, 4.69) is 9.47 Å². The Hall–Kier alpha value is -1.14. The molecule has 0 aliphatic heterocycles. The molecule has 0 aromatic carbocycles. The average Bonchev–Trinajstić information content (AvgIpc) is 2.55. The molecule has 2 rings (SSSR count). The Kier molecular flexibility index (Phi) is 8.42. The molecule has 0 heterocycles. The van der Waals surface area contributed by atoms with Gasteiger partial charge < -0.3 is 19.7 Å². The highest BCUT2D eigenvalue weighted by atomic mass is 16.5. The molecule has 2 aliphatic rings. The van der Waals surface area contributed by atoms with Gasteiger partial charge in [0.15, 0.2) is 0 Å². The average molecular weight is 316 g/mol. The molecule has 2 N–H and O–H groups in total. The van der Waals surface area contributed by atoms with Gasteiger partial charge in [0.25, 0.3) is 0 Å². The lowest BCUT2D eigenvalue weighted by Crippen LogP contribution is -2.24. The summed E-state index contributed by atoms with van der Waals surface area (Å²) in [5.41, 5.74) is 0. The number of aliphatic hydroxyl groups excluding tert-OH is 2. The van der Waals surface area contributed by atoms with Gasteiger partial charge in [-0.05, 0) is 51.4 Å². The Bertz CT molecular complexity index is 307. The normalized spacial score (nSPS) is 31.5. The van der Waals surface area contributed by atoms with E-state index in [0.29, 0.717) is 0 Å². The van der Waals surface area contributed by atoms with Crippen molar-refractivity contribution in [3.05, 3.63) is 0 Å². The van der Waals surface area contributed by atoms with Crippen molar-refractivity contribution < 1.29 is 29.3 Å². The highest BCUT2D eigenvalue weighted by Gasteiger charge is 2.26. The van der Waals surface area contributed by atoms with Crippen LogP contribution in [0.25, 0.3) is 0 Å². The van der Waals surface area contributed by atoms with Crippen LogP contribution in [-0.2, 0) is 19.1 Å². The zero-order valence-corrected chi connectivity index (χ0v) is 13.5. The lowest BCUT2D eigenvalue weighted by molar-refractivity contribution is -0.148. The number of hydrogen-bond acceptors (Lipinski definition) is 6. The molecule has 0 spiro atoms. The Labute approximate surface area is 131 Å². The number of ether oxygens (including phenoxy) is 2. The van der Waals surface area contributed by atoms with E-state index < -0.39 is 0 Å². The first-order valence-electron chi connectivity index (χ1n) is 7.99. The maximum absolute atomic E-state index is 11.0. The first kappa shape index (κ1) is 18.9. The summed E-state index contributed by atoms with van der Waals surface area (Å²) in [6.07, 6.45) is 5.63. The largest absolute Gasteiger partial charge is 0.469 e. The second-order valence-electron chi connectivity index (χ2n) is 6.06. The summed E-state index contributed by atoms with van der Waals surface area (Å²) < 4.78 is 9.21. The van der Waals surface area contributed by atoms with Crippen molar-refractivity contribution >= 4 is 11.9 Å². The molecule has 0 bridgehead atoms. The van der Waals surface area contributed by atoms with Crippen LogP contribution in [0, 0.1) is 11.8 Å². The van der Waals surface area contributed by atoms with Crippen molar-refractivity contribution in [1.29, 1.82) is 0 Å². The molecule has 128 valence electrons. The van der Waals surface area contributed by atoms with Crippen LogP contribution in [0.5, 0.6) is 0 Å². The third-order valence-corrected chi connectivity index (χ3v) is 4.46. The Morgan fingerprint density at radius 1 is 0.682 bits per heavy atom. The minimum Gasteiger partial charge on any atom is -0.469 e. The maximum Gasteiger partial charge on any atom is 0.308 e. The van der Waals surface area contributed by atoms with E-state index >= 15 is 0 Å². The SMILES string of the molecule is COC(=O)C1CCC(O)CC1.COC(=O)C1CCC(O)CC1. The van der Waals surface area contributed by atoms with E-state index in [9.17, 15) is 9.59 Å². The highest BCUT2D eigenvalue weighted by Crippen LogP contribution is 2.25. The van der Waals surface area contributed by atoms with E-state index in [0.717, 1.165) is 51.4 Å². The first-order chi connectivity index (χ1) is 10.5. The number of rotatable bonds is 2. The summed E-state index contributed by atoms with van der Waals surface area (Å²) in [5.74, 6) is -0.194. The van der Waals surface area contributed by atoms with E-state index in [-0.39, 0.29) is 36.0 Å². The zero-order chi connectivity index (χ0) is 16.5. The molecule has 0 atom stereocenters. The summed E-state index contributed by atoms with van der Waals surface area (Å²) in [4.78, 5) is 21.9. The quantitative estimate of drug-likeness (QED) is 0.749. The summed E-state index contributed by atoms with van der Waals surface area (Å²) in [6.45, 7) is 0. The molecule has 2 saturated carbocycles. The van der Waals surface area contributed by atoms with Crippen molar-refractivity contribution in [3.8, 4) is 0 Å². The van der Waals surface area contributed by atoms with Gasteiger partial charge in [0.05, 0.1) is 38.3 Å². The highest BCUT2D eigenvalue weighted by molar-refractivity contribution is 5.72. The number of methoxy groups -OCH3 is 2. The van der Waals surface area contributed by atoms with Gasteiger partial charge in [-0.15, -0.1) is 0 Å². The number of aliphatic hydroxyl groups is 2. The smallest absolute Gasteiger partial charge is 0.308 e. The van der Waals surface area contributed by atoms with Gasteiger partial charge in [0.1, 0.15) is 0 Å². The predicted molar refractivity (Wildman–Crippen MR) is 80.0 cm³/mol. The van der Waals surface area contributed by atoms with Crippen molar-refractivity contribution in [2.24, 2.45) is 11.8 Å². The lowest BCUT2D eigenvalue weighted by atomic mass is 9.88. The van der Waals surface area contributed by atoms with Gasteiger partial charge >= 0.3 is 11.9 Å². The zero-order valence-electron chi connectivity index (χ0n) is 13.5. The van der Waals surface area contributed by atoms with Crippen LogP contribution >= 0.6 is 0 Å². The van der Waals surface area contributed by atoms with Crippen LogP contribution in [-0.4, -0.2) is 48.6 Å². The van der Waals surface area contributed by atoms with E-state index in [1.165, 1.54) is 14.2 Å². The van der Waals surface area contributed by atoms with Crippen LogP contribution in [0.15, 0.2) is 0 Å². The molecule has 6 heteroatoms. The summed E-state index contributed by atoms with van der Waals surface area (Å²) in [5, 5.41) is 18.3. The number of esters is 2. The molecule has 0 saturated heterocycles. The standard InChI is InChI=1S/2C8H14O3/c2*1-11-8(10)6-2-4-7(9)5-3-6/h2*6-7,9H,2-5H2,1H3. The van der Waals surface area contributed by atoms with Gasteiger partial charge in [-0.3, -0.25) is 9.59 Å². The van der Waals surface area contributed by atoms with Gasteiger partial charge in [0.2, 0.25) is 0 Å². The van der Waals surface area contributed by atoms with E-state index in [4.69, 9.17) is 10.2 Å². The third kappa shape index (κ3) is 6.32. The topological polar surface area (TPSA) is 93.1 Å². The molecule has 0 aromatic heterocycles. The maximum atomic E-state index is 11.0. The fraction of sp³-hybridized carbons (Fsp3) is 0.875. The Morgan fingerprint density at radius 2 is 0.955 bits per heavy atom. The first-order valence-corrected chi connectivity index (χ1v) is 7.99. The van der Waals surface area contributed by atoms with Gasteiger partial charge in [-0.2, -0.15) is 0 Å². The fourth-order valence-corrected chi connectivity index (χ4v) is 2.96. The van der Waals surface area contributed by atoms with Crippen LogP contribution in [0.3, 0.4) is 0 Å². The molecule has 0 unspecified atom stereocenters. The molecule has 2 aliphatic carbocycles. The Balaban J connectivity index is 0.000000220. The fourth-order valence-electron chi connectivity index (χ4n) is 2.96. The number of carbonyl (C=O) groups is 2. The van der Waals surface area contributed by atoms with Crippen molar-refractivity contribution in [2.45, 2.75) is 63.6 Å². The second kappa shape index (κ2) is 9.79. The molecule has 0 radical (unpaired) electrons. The molecular formula is C16H28O6. The van der Waals surface area contributed by atoms with Gasteiger partial charge in [0, 0.05) is 0 Å². The molecule has 6 nitrogen and oxygen atoms in total. The van der Waals surface area contributed by atoms with Crippen LogP contribution in [0.1, 0.15) is 51.4 Å². The minimum absolute atomic E-state index is 0.0309. The van der Waals surface area contributed by atoms with Crippen molar-refractivity contribution in [3.63, 3.8) is 0 Å². The number of carbonyl (C=O) groups excluding carboxylic acids is 2. The Morgan fingerprint density at radius 3 is 1.18 bits per heavy atom. The third-order valence-electron chi connectivity index (χ3n) is 4.46. The number of hydrogen-bond donors (Lipinski definition) is 2. The van der Waals surface area contributed by atoms with Crippen LogP contribution in [0.4, 0.5) is 0 Å². The summed E-state index contributed by atoms with van der Waals surface area (Å²) in [7, 11) is 2.82. The lowest BCUT2D eigenvalue weighted by Gasteiger charge is -2.22. The predicted octanol–water partition coefficient (Wildman–Crippen LogP) is 1.42. The van der Waals surface area contributed by atoms with Gasteiger partial charge in [-0.25, -0.2) is 0 Å². The van der Waals surface area contributed by atoms with Gasteiger partial charge in [-0.1, -0.05) is 0 Å². The molecule has 2 fully saturated rings. The summed E-state index contributed by atoms with van der Waals surface area (Å²) in [6, 6.07) is 0. The van der Waals surface area contributed by atoms with Crippen LogP contribution in [0.2, 0.25) is 0 Å². The molecular weight excluding hydrogens is 288 g/mol. The monoisotopic (exact) mass is 316 g/mol. The molecule has 0 aromatic rings. The molecule has 22 heavy (non-hydrogen) atoms. The molecule has 0 amide bonds.